The molecule has 12 heteroatoms. The zero-order valence-corrected chi connectivity index (χ0v) is 19.6. The highest BCUT2D eigenvalue weighted by Gasteiger charge is 2.33. The number of rotatable bonds is 6. The number of carbonyl (C=O) groups is 1. The van der Waals surface area contributed by atoms with Crippen LogP contribution in [0.4, 0.5) is 0 Å². The molecule has 1 amide bonds. The summed E-state index contributed by atoms with van der Waals surface area (Å²) in [6.45, 7) is 7.62. The molecule has 3 atom stereocenters. The standard InChI is InChI=1S/C20H30N7O4P/c1-15-12-25(2)13-18(31-15)14-30-32(3,29)27-10-8-26(9-11-27)20(28)17-6-4-16(5-7-17)19-21-23-24-22-19/h4-7,15,18H,8-14H2,1-3H3,(H,21,22,23,24). The number of piperazine rings is 1. The Morgan fingerprint density at radius 3 is 2.56 bits per heavy atom. The number of carbonyl (C=O) groups excluding carboxylic acids is 1. The van der Waals surface area contributed by atoms with Gasteiger partial charge in [-0.25, -0.2) is 4.67 Å². The van der Waals surface area contributed by atoms with Gasteiger partial charge in [-0.3, -0.25) is 9.36 Å². The molecule has 32 heavy (non-hydrogen) atoms. The molecule has 174 valence electrons. The number of ether oxygens (including phenoxy) is 1. The van der Waals surface area contributed by atoms with Gasteiger partial charge in [0.25, 0.3) is 13.4 Å². The van der Waals surface area contributed by atoms with E-state index >= 15 is 0 Å². The first-order valence-corrected chi connectivity index (χ1v) is 12.8. The van der Waals surface area contributed by atoms with Crippen LogP contribution in [-0.4, -0.2) is 113 Å². The summed E-state index contributed by atoms with van der Waals surface area (Å²) in [5.41, 5.74) is 1.38. The van der Waals surface area contributed by atoms with E-state index in [4.69, 9.17) is 9.26 Å². The predicted molar refractivity (Wildman–Crippen MR) is 118 cm³/mol. The molecule has 2 aliphatic heterocycles. The van der Waals surface area contributed by atoms with E-state index in [0.717, 1.165) is 18.7 Å². The summed E-state index contributed by atoms with van der Waals surface area (Å²) in [6, 6.07) is 7.12. The van der Waals surface area contributed by atoms with Gasteiger partial charge in [-0.15, -0.1) is 10.2 Å². The molecule has 0 aliphatic carbocycles. The van der Waals surface area contributed by atoms with Crippen molar-refractivity contribution in [3.63, 3.8) is 0 Å². The van der Waals surface area contributed by atoms with Crippen molar-refractivity contribution in [2.45, 2.75) is 19.1 Å². The van der Waals surface area contributed by atoms with Crippen molar-refractivity contribution in [3.8, 4) is 11.4 Å². The number of morpholine rings is 1. The normalized spacial score (nSPS) is 24.9. The van der Waals surface area contributed by atoms with Crippen molar-refractivity contribution in [3.05, 3.63) is 29.8 Å². The Morgan fingerprint density at radius 2 is 1.94 bits per heavy atom. The Hall–Kier alpha value is -2.17. The summed E-state index contributed by atoms with van der Waals surface area (Å²) < 4.78 is 26.8. The summed E-state index contributed by atoms with van der Waals surface area (Å²) in [5, 5.41) is 13.8. The van der Waals surface area contributed by atoms with Crippen LogP contribution in [0.15, 0.2) is 24.3 Å². The zero-order chi connectivity index (χ0) is 22.7. The molecule has 2 aromatic rings. The molecule has 1 N–H and O–H groups in total. The molecule has 3 unspecified atom stereocenters. The Bertz CT molecular complexity index is 937. The van der Waals surface area contributed by atoms with Crippen LogP contribution in [-0.2, 0) is 13.8 Å². The summed E-state index contributed by atoms with van der Waals surface area (Å²) >= 11 is 0. The van der Waals surface area contributed by atoms with E-state index < -0.39 is 7.52 Å². The second-order valence-corrected chi connectivity index (χ2v) is 10.9. The number of amides is 1. The predicted octanol–water partition coefficient (Wildman–Crippen LogP) is 1.18. The van der Waals surface area contributed by atoms with Crippen molar-refractivity contribution in [2.75, 3.05) is 59.6 Å². The van der Waals surface area contributed by atoms with E-state index in [1.807, 2.05) is 18.6 Å². The summed E-state index contributed by atoms with van der Waals surface area (Å²) in [7, 11) is -0.915. The second-order valence-electron chi connectivity index (χ2n) is 8.45. The van der Waals surface area contributed by atoms with Gasteiger partial charge in [0, 0.05) is 57.1 Å². The number of H-pyrrole nitrogens is 1. The summed E-state index contributed by atoms with van der Waals surface area (Å²) in [6.07, 6.45) is 0.0461. The zero-order valence-electron chi connectivity index (χ0n) is 18.7. The van der Waals surface area contributed by atoms with Crippen LogP contribution < -0.4 is 0 Å². The molecule has 4 rings (SSSR count). The minimum atomic E-state index is -2.96. The van der Waals surface area contributed by atoms with E-state index in [-0.39, 0.29) is 18.1 Å². The lowest BCUT2D eigenvalue weighted by Gasteiger charge is -2.39. The Morgan fingerprint density at radius 1 is 1.22 bits per heavy atom. The van der Waals surface area contributed by atoms with Crippen LogP contribution >= 0.6 is 7.52 Å². The number of hydrogen-bond donors (Lipinski definition) is 1. The number of likely N-dealkylation sites (N-methyl/N-ethyl adjacent to an activating group) is 1. The lowest BCUT2D eigenvalue weighted by atomic mass is 10.1. The van der Waals surface area contributed by atoms with Crippen molar-refractivity contribution in [1.82, 2.24) is 35.1 Å². The number of benzene rings is 1. The molecular formula is C20H30N7O4P. The van der Waals surface area contributed by atoms with Crippen LogP contribution in [0.25, 0.3) is 11.4 Å². The third-order valence-electron chi connectivity index (χ3n) is 5.80. The molecule has 1 aromatic carbocycles. The minimum Gasteiger partial charge on any atom is -0.370 e. The van der Waals surface area contributed by atoms with Gasteiger partial charge in [0.1, 0.15) is 0 Å². The van der Waals surface area contributed by atoms with E-state index in [1.165, 1.54) is 0 Å². The van der Waals surface area contributed by atoms with Crippen molar-refractivity contribution >= 4 is 13.4 Å². The highest BCUT2D eigenvalue weighted by Crippen LogP contribution is 2.47. The molecule has 1 aromatic heterocycles. The molecule has 11 nitrogen and oxygen atoms in total. The van der Waals surface area contributed by atoms with Crippen molar-refractivity contribution < 1.29 is 18.6 Å². The highest BCUT2D eigenvalue weighted by atomic mass is 31.2. The Balaban J connectivity index is 1.28. The van der Waals surface area contributed by atoms with Crippen LogP contribution in [0, 0.1) is 0 Å². The molecular weight excluding hydrogens is 433 g/mol. The maximum atomic E-state index is 13.2. The molecule has 3 heterocycles. The van der Waals surface area contributed by atoms with E-state index in [2.05, 4.69) is 25.5 Å². The third-order valence-corrected chi connectivity index (χ3v) is 7.86. The molecule has 0 saturated carbocycles. The molecule has 0 spiro atoms. The average Bonchev–Trinajstić information content (AvgIpc) is 3.32. The van der Waals surface area contributed by atoms with E-state index in [9.17, 15) is 9.36 Å². The fourth-order valence-corrected chi connectivity index (χ4v) is 5.67. The van der Waals surface area contributed by atoms with Gasteiger partial charge >= 0.3 is 0 Å². The summed E-state index contributed by atoms with van der Waals surface area (Å²) in [4.78, 5) is 16.9. The number of nitrogens with one attached hydrogen (secondary N) is 1. The quantitative estimate of drug-likeness (QED) is 0.630. The Labute approximate surface area is 187 Å². The molecule has 2 saturated heterocycles. The number of hydrogen-bond acceptors (Lipinski definition) is 8. The van der Waals surface area contributed by atoms with Crippen LogP contribution in [0.3, 0.4) is 0 Å². The SMILES string of the molecule is CC1CN(C)CC(COP(C)(=O)N2CCN(C(=O)c3ccc(-c4nn[nH]n4)cc3)CC2)O1. The number of aromatic amines is 1. The fraction of sp³-hybridized carbons (Fsp3) is 0.600. The highest BCUT2D eigenvalue weighted by molar-refractivity contribution is 7.55. The maximum Gasteiger partial charge on any atom is 0.269 e. The van der Waals surface area contributed by atoms with Crippen molar-refractivity contribution in [2.24, 2.45) is 0 Å². The first-order chi connectivity index (χ1) is 15.3. The largest absolute Gasteiger partial charge is 0.370 e. The second kappa shape index (κ2) is 9.76. The molecule has 0 bridgehead atoms. The van der Waals surface area contributed by atoms with Crippen molar-refractivity contribution in [1.29, 1.82) is 0 Å². The number of nitrogens with zero attached hydrogens (tertiary/aromatic N) is 6. The van der Waals surface area contributed by atoms with Gasteiger partial charge in [-0.05, 0) is 31.3 Å². The monoisotopic (exact) mass is 463 g/mol. The van der Waals surface area contributed by atoms with Gasteiger partial charge in [-0.2, -0.15) is 5.21 Å². The van der Waals surface area contributed by atoms with Crippen LogP contribution in [0.5, 0.6) is 0 Å². The van der Waals surface area contributed by atoms with Gasteiger partial charge < -0.3 is 19.1 Å². The Kier molecular flexibility index (Phi) is 7.02. The number of aromatic nitrogens is 4. The minimum absolute atomic E-state index is 0.0520. The first-order valence-electron chi connectivity index (χ1n) is 10.8. The first kappa shape index (κ1) is 23.0. The van der Waals surface area contributed by atoms with Gasteiger partial charge in [0.15, 0.2) is 0 Å². The lowest BCUT2D eigenvalue weighted by Crippen LogP contribution is -2.48. The van der Waals surface area contributed by atoms with Crippen LogP contribution in [0.1, 0.15) is 17.3 Å². The third kappa shape index (κ3) is 5.41. The lowest BCUT2D eigenvalue weighted by molar-refractivity contribution is -0.0854. The average molecular weight is 463 g/mol. The smallest absolute Gasteiger partial charge is 0.269 e. The van der Waals surface area contributed by atoms with Gasteiger partial charge in [-0.1, -0.05) is 12.1 Å². The van der Waals surface area contributed by atoms with Crippen LogP contribution in [0.2, 0.25) is 0 Å². The van der Waals surface area contributed by atoms with Gasteiger partial charge in [0.2, 0.25) is 5.82 Å². The summed E-state index contributed by atoms with van der Waals surface area (Å²) in [5.74, 6) is 0.430. The van der Waals surface area contributed by atoms with E-state index in [1.54, 1.807) is 35.8 Å². The molecule has 2 fully saturated rings. The molecule has 0 radical (unpaired) electrons. The fourth-order valence-electron chi connectivity index (χ4n) is 4.16. The van der Waals surface area contributed by atoms with E-state index in [0.29, 0.717) is 44.2 Å². The molecule has 2 aliphatic rings. The topological polar surface area (TPSA) is 117 Å². The van der Waals surface area contributed by atoms with Gasteiger partial charge in [0.05, 0.1) is 18.8 Å². The number of tetrazole rings is 1. The maximum absolute atomic E-state index is 13.2.